The standard InChI is InChI=1S/C12H20BrN3O3/c1-9(4-6-18-2)15-10-8-14-16(5-7-19-3)12(17)11(10)13/h8-9,15H,4-7H2,1-3H3. The molecule has 0 bridgehead atoms. The summed E-state index contributed by atoms with van der Waals surface area (Å²) in [7, 11) is 3.26. The number of halogens is 1. The Labute approximate surface area is 121 Å². The molecule has 0 spiro atoms. The quantitative estimate of drug-likeness (QED) is 0.780. The van der Waals surface area contributed by atoms with E-state index in [0.717, 1.165) is 6.42 Å². The zero-order chi connectivity index (χ0) is 14.3. The monoisotopic (exact) mass is 333 g/mol. The van der Waals surface area contributed by atoms with E-state index >= 15 is 0 Å². The van der Waals surface area contributed by atoms with Crippen molar-refractivity contribution in [1.82, 2.24) is 9.78 Å². The Balaban J connectivity index is 2.75. The number of hydrogen-bond acceptors (Lipinski definition) is 5. The Morgan fingerprint density at radius 2 is 2.11 bits per heavy atom. The van der Waals surface area contributed by atoms with Gasteiger partial charge in [0.1, 0.15) is 4.47 Å². The largest absolute Gasteiger partial charge is 0.385 e. The Bertz CT molecular complexity index is 450. The number of aromatic nitrogens is 2. The molecule has 1 unspecified atom stereocenters. The first-order valence-electron chi connectivity index (χ1n) is 6.10. The minimum atomic E-state index is -0.166. The molecule has 1 aromatic heterocycles. The third kappa shape index (κ3) is 4.93. The van der Waals surface area contributed by atoms with Crippen molar-refractivity contribution in [2.45, 2.75) is 25.9 Å². The molecule has 0 aromatic carbocycles. The van der Waals surface area contributed by atoms with Crippen molar-refractivity contribution < 1.29 is 9.47 Å². The maximum Gasteiger partial charge on any atom is 0.283 e. The number of hydrogen-bond donors (Lipinski definition) is 1. The van der Waals surface area contributed by atoms with E-state index in [1.807, 2.05) is 6.92 Å². The second kappa shape index (κ2) is 8.29. The van der Waals surface area contributed by atoms with Gasteiger partial charge in [0, 0.05) is 26.9 Å². The van der Waals surface area contributed by atoms with Crippen LogP contribution in [0.5, 0.6) is 0 Å². The van der Waals surface area contributed by atoms with Crippen molar-refractivity contribution in [3.63, 3.8) is 0 Å². The fourth-order valence-electron chi connectivity index (χ4n) is 1.53. The van der Waals surface area contributed by atoms with Gasteiger partial charge in [-0.2, -0.15) is 5.10 Å². The Morgan fingerprint density at radius 1 is 1.42 bits per heavy atom. The molecule has 6 nitrogen and oxygen atoms in total. The summed E-state index contributed by atoms with van der Waals surface area (Å²) in [5, 5.41) is 7.35. The van der Waals surface area contributed by atoms with Crippen molar-refractivity contribution in [1.29, 1.82) is 0 Å². The SMILES string of the molecule is COCCC(C)Nc1cnn(CCOC)c(=O)c1Br. The summed E-state index contributed by atoms with van der Waals surface area (Å²) in [6.45, 7) is 3.59. The fraction of sp³-hybridized carbons (Fsp3) is 0.667. The summed E-state index contributed by atoms with van der Waals surface area (Å²) >= 11 is 3.31. The molecule has 1 atom stereocenters. The summed E-state index contributed by atoms with van der Waals surface area (Å²) in [6.07, 6.45) is 2.50. The third-order valence-electron chi connectivity index (χ3n) is 2.65. The van der Waals surface area contributed by atoms with E-state index in [0.29, 0.717) is 29.9 Å². The number of rotatable bonds is 8. The average molecular weight is 334 g/mol. The van der Waals surface area contributed by atoms with E-state index < -0.39 is 0 Å². The van der Waals surface area contributed by atoms with Gasteiger partial charge in [-0.25, -0.2) is 4.68 Å². The molecule has 0 aliphatic rings. The van der Waals surface area contributed by atoms with Gasteiger partial charge in [0.2, 0.25) is 0 Å². The molecule has 1 aromatic rings. The summed E-state index contributed by atoms with van der Waals surface area (Å²) in [5.74, 6) is 0. The lowest BCUT2D eigenvalue weighted by atomic mass is 10.2. The van der Waals surface area contributed by atoms with Crippen LogP contribution < -0.4 is 10.9 Å². The van der Waals surface area contributed by atoms with Crippen LogP contribution in [0.2, 0.25) is 0 Å². The number of nitrogens with one attached hydrogen (secondary N) is 1. The second-order valence-electron chi connectivity index (χ2n) is 4.22. The smallest absolute Gasteiger partial charge is 0.283 e. The highest BCUT2D eigenvalue weighted by molar-refractivity contribution is 9.10. The molecular formula is C12H20BrN3O3. The minimum absolute atomic E-state index is 0.166. The topological polar surface area (TPSA) is 65.4 Å². The zero-order valence-electron chi connectivity index (χ0n) is 11.5. The van der Waals surface area contributed by atoms with Gasteiger partial charge in [-0.3, -0.25) is 4.79 Å². The van der Waals surface area contributed by atoms with E-state index in [2.05, 4.69) is 26.3 Å². The van der Waals surface area contributed by atoms with Crippen LogP contribution in [0, 0.1) is 0 Å². The van der Waals surface area contributed by atoms with Gasteiger partial charge in [-0.15, -0.1) is 0 Å². The highest BCUT2D eigenvalue weighted by Gasteiger charge is 2.10. The van der Waals surface area contributed by atoms with Crippen LogP contribution in [0.4, 0.5) is 5.69 Å². The lowest BCUT2D eigenvalue weighted by Gasteiger charge is -2.16. The summed E-state index contributed by atoms with van der Waals surface area (Å²) in [5.41, 5.74) is 0.531. The number of anilines is 1. The molecule has 0 fully saturated rings. The second-order valence-corrected chi connectivity index (χ2v) is 5.01. The summed E-state index contributed by atoms with van der Waals surface area (Å²) in [4.78, 5) is 12.0. The molecule has 0 saturated heterocycles. The first-order valence-corrected chi connectivity index (χ1v) is 6.89. The van der Waals surface area contributed by atoms with Crippen LogP contribution in [0.1, 0.15) is 13.3 Å². The van der Waals surface area contributed by atoms with Crippen molar-refractivity contribution in [3.05, 3.63) is 21.0 Å². The van der Waals surface area contributed by atoms with E-state index in [1.165, 1.54) is 4.68 Å². The van der Waals surface area contributed by atoms with Crippen molar-refractivity contribution >= 4 is 21.6 Å². The Hall–Kier alpha value is -0.920. The van der Waals surface area contributed by atoms with Gasteiger partial charge in [-0.1, -0.05) is 0 Å². The van der Waals surface area contributed by atoms with Crippen LogP contribution in [-0.4, -0.2) is 43.3 Å². The lowest BCUT2D eigenvalue weighted by molar-refractivity contribution is 0.181. The van der Waals surface area contributed by atoms with Crippen LogP contribution in [-0.2, 0) is 16.0 Å². The van der Waals surface area contributed by atoms with Gasteiger partial charge < -0.3 is 14.8 Å². The van der Waals surface area contributed by atoms with Crippen LogP contribution in [0.3, 0.4) is 0 Å². The van der Waals surface area contributed by atoms with Gasteiger partial charge in [0.05, 0.1) is 25.0 Å². The molecule has 0 aliphatic carbocycles. The number of ether oxygens (including phenoxy) is 2. The lowest BCUT2D eigenvalue weighted by Crippen LogP contribution is -2.27. The van der Waals surface area contributed by atoms with Crippen LogP contribution >= 0.6 is 15.9 Å². The summed E-state index contributed by atoms with van der Waals surface area (Å²) in [6, 6.07) is 0.201. The van der Waals surface area contributed by atoms with Gasteiger partial charge in [0.25, 0.3) is 5.56 Å². The molecule has 0 radical (unpaired) electrons. The molecule has 7 heteroatoms. The molecule has 0 amide bonds. The highest BCUT2D eigenvalue weighted by atomic mass is 79.9. The average Bonchev–Trinajstić information content (AvgIpc) is 2.41. The van der Waals surface area contributed by atoms with Crippen molar-refractivity contribution in [2.75, 3.05) is 32.8 Å². The normalized spacial score (nSPS) is 12.4. The molecule has 1 heterocycles. The van der Waals surface area contributed by atoms with Crippen molar-refractivity contribution in [3.8, 4) is 0 Å². The minimum Gasteiger partial charge on any atom is -0.385 e. The van der Waals surface area contributed by atoms with Gasteiger partial charge in [0.15, 0.2) is 0 Å². The van der Waals surface area contributed by atoms with Gasteiger partial charge in [-0.05, 0) is 29.3 Å². The molecule has 108 valence electrons. The zero-order valence-corrected chi connectivity index (χ0v) is 13.1. The summed E-state index contributed by atoms with van der Waals surface area (Å²) < 4.78 is 11.8. The van der Waals surface area contributed by atoms with Gasteiger partial charge >= 0.3 is 0 Å². The van der Waals surface area contributed by atoms with E-state index in [-0.39, 0.29) is 11.6 Å². The fourth-order valence-corrected chi connectivity index (χ4v) is 1.96. The Kier molecular flexibility index (Phi) is 7.04. The van der Waals surface area contributed by atoms with Crippen molar-refractivity contribution in [2.24, 2.45) is 0 Å². The van der Waals surface area contributed by atoms with E-state index in [1.54, 1.807) is 20.4 Å². The molecule has 1 rings (SSSR count). The van der Waals surface area contributed by atoms with E-state index in [4.69, 9.17) is 9.47 Å². The predicted molar refractivity (Wildman–Crippen MR) is 77.7 cm³/mol. The first-order chi connectivity index (χ1) is 9.10. The number of nitrogens with zero attached hydrogens (tertiary/aromatic N) is 2. The first kappa shape index (κ1) is 16.1. The Morgan fingerprint density at radius 3 is 2.74 bits per heavy atom. The third-order valence-corrected chi connectivity index (χ3v) is 3.42. The molecule has 19 heavy (non-hydrogen) atoms. The molecule has 0 saturated carbocycles. The number of methoxy groups -OCH3 is 2. The highest BCUT2D eigenvalue weighted by Crippen LogP contribution is 2.17. The maximum atomic E-state index is 12.0. The molecule has 0 aliphatic heterocycles. The van der Waals surface area contributed by atoms with E-state index in [9.17, 15) is 4.79 Å². The molecular weight excluding hydrogens is 314 g/mol. The van der Waals surface area contributed by atoms with Crippen LogP contribution in [0.15, 0.2) is 15.5 Å². The predicted octanol–water partition coefficient (Wildman–Crippen LogP) is 1.49. The maximum absolute atomic E-state index is 12.0. The van der Waals surface area contributed by atoms with Crippen LogP contribution in [0.25, 0.3) is 0 Å². The molecule has 1 N–H and O–H groups in total.